The first kappa shape index (κ1) is 25.9. The molecular formula is C26H36N2O3S. The highest BCUT2D eigenvalue weighted by Gasteiger charge is 2.16. The van der Waals surface area contributed by atoms with Gasteiger partial charge in [0.15, 0.2) is 0 Å². The summed E-state index contributed by atoms with van der Waals surface area (Å²) < 4.78 is 5.32. The van der Waals surface area contributed by atoms with Gasteiger partial charge in [-0.05, 0) is 48.6 Å². The van der Waals surface area contributed by atoms with Crippen LogP contribution in [0.3, 0.4) is 0 Å². The monoisotopic (exact) mass is 456 g/mol. The van der Waals surface area contributed by atoms with Crippen LogP contribution in [0.2, 0.25) is 0 Å². The summed E-state index contributed by atoms with van der Waals surface area (Å²) in [6, 6.07) is 14.6. The van der Waals surface area contributed by atoms with Gasteiger partial charge in [-0.1, -0.05) is 48.6 Å². The highest BCUT2D eigenvalue weighted by molar-refractivity contribution is 7.99. The van der Waals surface area contributed by atoms with Crippen molar-refractivity contribution in [2.24, 2.45) is 0 Å². The number of amides is 2. The third-order valence-corrected chi connectivity index (χ3v) is 6.30. The largest absolute Gasteiger partial charge is 0.372 e. The fraction of sp³-hybridized carbons (Fsp3) is 0.462. The minimum atomic E-state index is -0.389. The zero-order valence-corrected chi connectivity index (χ0v) is 20.3. The van der Waals surface area contributed by atoms with Crippen molar-refractivity contribution in [1.29, 1.82) is 0 Å². The molecule has 0 aliphatic carbocycles. The molecule has 32 heavy (non-hydrogen) atoms. The molecule has 0 saturated carbocycles. The van der Waals surface area contributed by atoms with Crippen LogP contribution in [0.25, 0.3) is 10.8 Å². The van der Waals surface area contributed by atoms with E-state index in [9.17, 15) is 9.59 Å². The lowest BCUT2D eigenvalue weighted by Gasteiger charge is -2.21. The van der Waals surface area contributed by atoms with E-state index in [0.717, 1.165) is 36.3 Å². The second kappa shape index (κ2) is 14.7. The standard InChI is InChI=1S/C26H36N2O3S/c1-4-5-6-7-12-25(31-3)26(30)27-15-17-32-18-16-28(21(2)29)20-22-13-14-23-10-8-9-11-24(23)19-22/h4-5,8-11,13-14,19,25H,6-7,12,15-18,20H2,1-3H3,(H,27,30)/b5-4+. The SMILES string of the molecule is C/C=C/CCCC(OC)C(=O)NCCSCCN(Cc1ccc2ccccc2c1)C(C)=O. The molecule has 2 aromatic rings. The average molecular weight is 457 g/mol. The summed E-state index contributed by atoms with van der Waals surface area (Å²) in [4.78, 5) is 26.2. The number of nitrogens with one attached hydrogen (secondary N) is 1. The number of methoxy groups -OCH3 is 1. The van der Waals surface area contributed by atoms with Crippen molar-refractivity contribution in [3.8, 4) is 0 Å². The van der Waals surface area contributed by atoms with Crippen LogP contribution in [-0.4, -0.2) is 54.5 Å². The Kier molecular flexibility index (Phi) is 11.9. The molecule has 2 amide bonds. The molecule has 0 fully saturated rings. The van der Waals surface area contributed by atoms with Gasteiger partial charge in [-0.3, -0.25) is 9.59 Å². The molecule has 0 radical (unpaired) electrons. The molecule has 2 rings (SSSR count). The van der Waals surface area contributed by atoms with Gasteiger partial charge in [0, 0.05) is 45.2 Å². The molecule has 2 aromatic carbocycles. The molecule has 1 atom stereocenters. The Bertz CT molecular complexity index is 884. The van der Waals surface area contributed by atoms with Crippen LogP contribution in [0.1, 0.15) is 38.7 Å². The minimum Gasteiger partial charge on any atom is -0.372 e. The maximum atomic E-state index is 12.2. The van der Waals surface area contributed by atoms with E-state index in [4.69, 9.17) is 4.74 Å². The van der Waals surface area contributed by atoms with Crippen LogP contribution in [0.15, 0.2) is 54.6 Å². The summed E-state index contributed by atoms with van der Waals surface area (Å²) in [6.07, 6.45) is 6.36. The van der Waals surface area contributed by atoms with Crippen molar-refractivity contribution in [2.45, 2.75) is 45.8 Å². The number of carbonyl (C=O) groups excluding carboxylic acids is 2. The predicted octanol–water partition coefficient (Wildman–Crippen LogP) is 4.80. The highest BCUT2D eigenvalue weighted by atomic mass is 32.2. The van der Waals surface area contributed by atoms with Gasteiger partial charge in [-0.25, -0.2) is 0 Å². The third-order valence-electron chi connectivity index (χ3n) is 5.33. The summed E-state index contributed by atoms with van der Waals surface area (Å²) in [5, 5.41) is 5.35. The van der Waals surface area contributed by atoms with Crippen molar-refractivity contribution in [3.63, 3.8) is 0 Å². The smallest absolute Gasteiger partial charge is 0.249 e. The van der Waals surface area contributed by atoms with Crippen molar-refractivity contribution in [2.75, 3.05) is 31.7 Å². The average Bonchev–Trinajstić information content (AvgIpc) is 2.80. The van der Waals surface area contributed by atoms with Gasteiger partial charge >= 0.3 is 0 Å². The lowest BCUT2D eigenvalue weighted by molar-refractivity contribution is -0.131. The molecule has 0 heterocycles. The Morgan fingerprint density at radius 3 is 2.66 bits per heavy atom. The lowest BCUT2D eigenvalue weighted by atomic mass is 10.1. The van der Waals surface area contributed by atoms with Crippen LogP contribution >= 0.6 is 11.8 Å². The van der Waals surface area contributed by atoms with E-state index in [1.54, 1.807) is 25.8 Å². The van der Waals surface area contributed by atoms with E-state index in [0.29, 0.717) is 19.6 Å². The highest BCUT2D eigenvalue weighted by Crippen LogP contribution is 2.17. The maximum Gasteiger partial charge on any atom is 0.249 e. The number of ether oxygens (including phenoxy) is 1. The Morgan fingerprint density at radius 2 is 1.94 bits per heavy atom. The van der Waals surface area contributed by atoms with Crippen LogP contribution in [0.4, 0.5) is 0 Å². The minimum absolute atomic E-state index is 0.0461. The van der Waals surface area contributed by atoms with E-state index in [-0.39, 0.29) is 17.9 Å². The van der Waals surface area contributed by atoms with Gasteiger partial charge in [-0.15, -0.1) is 0 Å². The molecule has 0 aliphatic heterocycles. The van der Waals surface area contributed by atoms with E-state index in [1.807, 2.05) is 30.0 Å². The molecule has 0 saturated heterocycles. The Hall–Kier alpha value is -2.31. The number of fused-ring (bicyclic) bond motifs is 1. The molecule has 0 bridgehead atoms. The molecule has 6 heteroatoms. The van der Waals surface area contributed by atoms with E-state index in [2.05, 4.69) is 41.7 Å². The Balaban J connectivity index is 1.69. The summed E-state index contributed by atoms with van der Waals surface area (Å²) in [5.41, 5.74) is 1.14. The summed E-state index contributed by atoms with van der Waals surface area (Å²) in [7, 11) is 1.58. The first-order chi connectivity index (χ1) is 15.5. The van der Waals surface area contributed by atoms with Crippen molar-refractivity contribution in [3.05, 3.63) is 60.2 Å². The van der Waals surface area contributed by atoms with E-state index in [1.165, 1.54) is 10.8 Å². The topological polar surface area (TPSA) is 58.6 Å². The number of allylic oxidation sites excluding steroid dienone is 2. The quantitative estimate of drug-likeness (QED) is 0.328. The lowest BCUT2D eigenvalue weighted by Crippen LogP contribution is -2.37. The summed E-state index contributed by atoms with van der Waals surface area (Å²) >= 11 is 1.74. The second-order valence-electron chi connectivity index (χ2n) is 7.75. The van der Waals surface area contributed by atoms with Gasteiger partial charge in [0.05, 0.1) is 0 Å². The Labute approximate surface area is 196 Å². The van der Waals surface area contributed by atoms with E-state index >= 15 is 0 Å². The molecule has 0 aromatic heterocycles. The summed E-state index contributed by atoms with van der Waals surface area (Å²) in [5.74, 6) is 1.67. The number of rotatable bonds is 14. The maximum absolute atomic E-state index is 12.2. The first-order valence-corrected chi connectivity index (χ1v) is 12.4. The number of benzene rings is 2. The fourth-order valence-electron chi connectivity index (χ4n) is 3.49. The van der Waals surface area contributed by atoms with Gasteiger partial charge in [-0.2, -0.15) is 11.8 Å². The van der Waals surface area contributed by atoms with Crippen LogP contribution in [-0.2, 0) is 20.9 Å². The molecule has 5 nitrogen and oxygen atoms in total. The van der Waals surface area contributed by atoms with E-state index < -0.39 is 0 Å². The number of nitrogens with zero attached hydrogens (tertiary/aromatic N) is 1. The normalized spacial score (nSPS) is 12.2. The molecule has 1 N–H and O–H groups in total. The summed E-state index contributed by atoms with van der Waals surface area (Å²) in [6.45, 7) is 5.51. The predicted molar refractivity (Wildman–Crippen MR) is 135 cm³/mol. The first-order valence-electron chi connectivity index (χ1n) is 11.3. The molecule has 0 aliphatic rings. The number of hydrogen-bond donors (Lipinski definition) is 1. The van der Waals surface area contributed by atoms with Crippen molar-refractivity contribution >= 4 is 34.3 Å². The fourth-order valence-corrected chi connectivity index (χ4v) is 4.29. The third kappa shape index (κ3) is 9.05. The molecule has 174 valence electrons. The van der Waals surface area contributed by atoms with Gasteiger partial charge < -0.3 is 15.0 Å². The van der Waals surface area contributed by atoms with Gasteiger partial charge in [0.2, 0.25) is 11.8 Å². The number of thioether (sulfide) groups is 1. The van der Waals surface area contributed by atoms with Crippen molar-refractivity contribution in [1.82, 2.24) is 10.2 Å². The zero-order valence-electron chi connectivity index (χ0n) is 19.5. The van der Waals surface area contributed by atoms with Crippen molar-refractivity contribution < 1.29 is 14.3 Å². The number of unbranched alkanes of at least 4 members (excludes halogenated alkanes) is 1. The van der Waals surface area contributed by atoms with Gasteiger partial charge in [0.1, 0.15) is 6.10 Å². The molecular weight excluding hydrogens is 420 g/mol. The zero-order chi connectivity index (χ0) is 23.2. The van der Waals surface area contributed by atoms with Crippen LogP contribution in [0, 0.1) is 0 Å². The van der Waals surface area contributed by atoms with Gasteiger partial charge in [0.25, 0.3) is 0 Å². The Morgan fingerprint density at radius 1 is 1.16 bits per heavy atom. The molecule has 0 spiro atoms. The second-order valence-corrected chi connectivity index (χ2v) is 8.97. The number of hydrogen-bond acceptors (Lipinski definition) is 4. The van der Waals surface area contributed by atoms with Crippen LogP contribution in [0.5, 0.6) is 0 Å². The number of carbonyl (C=O) groups is 2. The van der Waals surface area contributed by atoms with Crippen LogP contribution < -0.4 is 5.32 Å². The molecule has 1 unspecified atom stereocenters.